The highest BCUT2D eigenvalue weighted by molar-refractivity contribution is 14.1. The number of rotatable bonds is 1. The molecule has 0 spiro atoms. The highest BCUT2D eigenvalue weighted by atomic mass is 127. The Balaban J connectivity index is 2.51. The molecule has 2 heterocycles. The predicted molar refractivity (Wildman–Crippen MR) is 60.3 cm³/mol. The quantitative estimate of drug-likeness (QED) is 0.739. The minimum absolute atomic E-state index is 0.401. The van der Waals surface area contributed by atoms with Crippen molar-refractivity contribution in [1.82, 2.24) is 10.1 Å². The lowest BCUT2D eigenvalue weighted by Gasteiger charge is -1.85. The molecule has 13 heavy (non-hydrogen) atoms. The van der Waals surface area contributed by atoms with Crippen LogP contribution in [0.3, 0.4) is 0 Å². The second-order valence-corrected chi connectivity index (χ2v) is 5.36. The largest absolute Gasteiger partial charge is 0.333 e. The van der Waals surface area contributed by atoms with Gasteiger partial charge in [0, 0.05) is 22.6 Å². The van der Waals surface area contributed by atoms with Crippen LogP contribution >= 0.6 is 57.1 Å². The molecule has 68 valence electrons. The van der Waals surface area contributed by atoms with Gasteiger partial charge in [-0.05, 0) is 6.07 Å². The van der Waals surface area contributed by atoms with Crippen LogP contribution in [-0.4, -0.2) is 10.1 Å². The van der Waals surface area contributed by atoms with Crippen molar-refractivity contribution in [3.63, 3.8) is 0 Å². The number of aromatic nitrogens is 2. The average Bonchev–Trinajstić information content (AvgIpc) is 2.58. The van der Waals surface area contributed by atoms with Crippen LogP contribution < -0.4 is 0 Å². The zero-order valence-corrected chi connectivity index (χ0v) is 10.4. The molecular formula is C6HCl2IN2OS. The van der Waals surface area contributed by atoms with E-state index in [2.05, 4.69) is 10.1 Å². The number of thiophene rings is 1. The van der Waals surface area contributed by atoms with Crippen LogP contribution in [0, 0.1) is 3.83 Å². The standard InChI is InChI=1S/C6HCl2IN2OS/c7-3-1-2(4(8)13-3)5-10-6(9)11-12-5/h1H. The second kappa shape index (κ2) is 3.72. The van der Waals surface area contributed by atoms with E-state index in [0.29, 0.717) is 24.0 Å². The summed E-state index contributed by atoms with van der Waals surface area (Å²) in [4.78, 5) is 4.03. The van der Waals surface area contributed by atoms with Gasteiger partial charge in [0.05, 0.1) is 9.90 Å². The van der Waals surface area contributed by atoms with E-state index in [0.717, 1.165) is 0 Å². The normalized spacial score (nSPS) is 10.7. The highest BCUT2D eigenvalue weighted by Crippen LogP contribution is 2.37. The van der Waals surface area contributed by atoms with E-state index >= 15 is 0 Å². The number of hydrogen-bond acceptors (Lipinski definition) is 4. The minimum atomic E-state index is 0.401. The molecule has 0 fully saturated rings. The fraction of sp³-hybridized carbons (Fsp3) is 0. The van der Waals surface area contributed by atoms with Crippen molar-refractivity contribution in [2.45, 2.75) is 0 Å². The molecule has 0 aliphatic rings. The first-order chi connectivity index (χ1) is 6.16. The molecule has 0 radical (unpaired) electrons. The molecule has 7 heteroatoms. The first-order valence-corrected chi connectivity index (χ1v) is 5.76. The molecule has 2 rings (SSSR count). The lowest BCUT2D eigenvalue weighted by molar-refractivity contribution is 0.426. The van der Waals surface area contributed by atoms with Crippen molar-refractivity contribution >= 4 is 57.1 Å². The Morgan fingerprint density at radius 1 is 1.46 bits per heavy atom. The molecule has 0 amide bonds. The number of nitrogens with zero attached hydrogens (tertiary/aromatic N) is 2. The van der Waals surface area contributed by atoms with Crippen molar-refractivity contribution in [3.05, 3.63) is 18.6 Å². The first kappa shape index (κ1) is 9.70. The molecule has 0 atom stereocenters. The number of halogens is 3. The molecule has 2 aromatic rings. The van der Waals surface area contributed by atoms with Crippen LogP contribution in [0.25, 0.3) is 11.5 Å². The topological polar surface area (TPSA) is 38.9 Å². The summed E-state index contributed by atoms with van der Waals surface area (Å²) in [5, 5.41) is 3.65. The third-order valence-electron chi connectivity index (χ3n) is 1.29. The predicted octanol–water partition coefficient (Wildman–Crippen LogP) is 3.71. The Labute approximate surface area is 101 Å². The molecule has 0 aromatic carbocycles. The SMILES string of the molecule is Clc1cc(-c2nc(I)no2)c(Cl)s1. The molecule has 0 aliphatic heterocycles. The molecular weight excluding hydrogens is 346 g/mol. The van der Waals surface area contributed by atoms with Crippen molar-refractivity contribution in [1.29, 1.82) is 0 Å². The summed E-state index contributed by atoms with van der Waals surface area (Å²) in [5.74, 6) is 0.401. The maximum absolute atomic E-state index is 5.89. The molecule has 0 unspecified atom stereocenters. The van der Waals surface area contributed by atoms with Gasteiger partial charge in [0.1, 0.15) is 4.34 Å². The monoisotopic (exact) mass is 346 g/mol. The Morgan fingerprint density at radius 2 is 2.23 bits per heavy atom. The van der Waals surface area contributed by atoms with Crippen LogP contribution in [0.1, 0.15) is 0 Å². The summed E-state index contributed by atoms with van der Waals surface area (Å²) in [6.07, 6.45) is 0. The lowest BCUT2D eigenvalue weighted by Crippen LogP contribution is -1.73. The summed E-state index contributed by atoms with van der Waals surface area (Å²) in [7, 11) is 0. The van der Waals surface area contributed by atoms with Gasteiger partial charge >= 0.3 is 0 Å². The zero-order chi connectivity index (χ0) is 9.42. The molecule has 0 saturated carbocycles. The Hall–Kier alpha value is 0.150. The Bertz CT molecular complexity index is 442. The highest BCUT2D eigenvalue weighted by Gasteiger charge is 2.14. The molecule has 0 bridgehead atoms. The van der Waals surface area contributed by atoms with Gasteiger partial charge in [-0.15, -0.1) is 11.3 Å². The fourth-order valence-corrected chi connectivity index (χ4v) is 2.57. The van der Waals surface area contributed by atoms with Gasteiger partial charge in [-0.1, -0.05) is 28.4 Å². The van der Waals surface area contributed by atoms with Crippen molar-refractivity contribution in [2.24, 2.45) is 0 Å². The summed E-state index contributed by atoms with van der Waals surface area (Å²) in [6, 6.07) is 1.71. The van der Waals surface area contributed by atoms with Gasteiger partial charge < -0.3 is 4.52 Å². The van der Waals surface area contributed by atoms with Crippen molar-refractivity contribution in [2.75, 3.05) is 0 Å². The third kappa shape index (κ3) is 1.98. The van der Waals surface area contributed by atoms with Crippen molar-refractivity contribution < 1.29 is 4.52 Å². The summed E-state index contributed by atoms with van der Waals surface area (Å²) in [5.41, 5.74) is 0.687. The van der Waals surface area contributed by atoms with Gasteiger partial charge in [-0.2, -0.15) is 4.98 Å². The summed E-state index contributed by atoms with van der Waals surface area (Å²) >= 11 is 14.9. The van der Waals surface area contributed by atoms with Crippen molar-refractivity contribution in [3.8, 4) is 11.5 Å². The van der Waals surface area contributed by atoms with Crippen LogP contribution in [-0.2, 0) is 0 Å². The minimum Gasteiger partial charge on any atom is -0.333 e. The van der Waals surface area contributed by atoms with E-state index in [1.807, 2.05) is 22.6 Å². The third-order valence-corrected chi connectivity index (χ3v) is 3.21. The van der Waals surface area contributed by atoms with E-state index in [4.69, 9.17) is 27.7 Å². The maximum atomic E-state index is 5.89. The van der Waals surface area contributed by atoms with Gasteiger partial charge in [-0.3, -0.25) is 0 Å². The van der Waals surface area contributed by atoms with Gasteiger partial charge in [0.2, 0.25) is 3.83 Å². The van der Waals surface area contributed by atoms with E-state index in [-0.39, 0.29) is 0 Å². The summed E-state index contributed by atoms with van der Waals surface area (Å²) < 4.78 is 6.65. The van der Waals surface area contributed by atoms with Crippen LogP contribution in [0.2, 0.25) is 8.67 Å². The first-order valence-electron chi connectivity index (χ1n) is 3.11. The van der Waals surface area contributed by atoms with E-state index in [9.17, 15) is 0 Å². The molecule has 2 aromatic heterocycles. The van der Waals surface area contributed by atoms with Crippen LogP contribution in [0.4, 0.5) is 0 Å². The fourth-order valence-electron chi connectivity index (χ4n) is 0.801. The summed E-state index contributed by atoms with van der Waals surface area (Å²) in [6.45, 7) is 0. The number of hydrogen-bond donors (Lipinski definition) is 0. The van der Waals surface area contributed by atoms with E-state index < -0.39 is 0 Å². The van der Waals surface area contributed by atoms with Gasteiger partial charge in [0.15, 0.2) is 0 Å². The average molecular weight is 347 g/mol. The molecule has 0 saturated heterocycles. The molecule has 3 nitrogen and oxygen atoms in total. The van der Waals surface area contributed by atoms with Crippen LogP contribution in [0.15, 0.2) is 10.6 Å². The second-order valence-electron chi connectivity index (χ2n) is 2.11. The molecule has 0 aliphatic carbocycles. The van der Waals surface area contributed by atoms with Gasteiger partial charge in [-0.25, -0.2) is 0 Å². The van der Waals surface area contributed by atoms with E-state index in [1.54, 1.807) is 6.07 Å². The molecule has 0 N–H and O–H groups in total. The van der Waals surface area contributed by atoms with Crippen LogP contribution in [0.5, 0.6) is 0 Å². The zero-order valence-electron chi connectivity index (χ0n) is 5.92. The maximum Gasteiger partial charge on any atom is 0.261 e. The Kier molecular flexibility index (Phi) is 2.77. The smallest absolute Gasteiger partial charge is 0.261 e. The lowest BCUT2D eigenvalue weighted by atomic mass is 10.3. The van der Waals surface area contributed by atoms with Gasteiger partial charge in [0.25, 0.3) is 5.89 Å². The Morgan fingerprint density at radius 3 is 2.69 bits per heavy atom. The van der Waals surface area contributed by atoms with E-state index in [1.165, 1.54) is 11.3 Å².